The van der Waals surface area contributed by atoms with Crippen molar-refractivity contribution < 1.29 is 37.1 Å². The molecule has 3 aliphatic carbocycles. The number of carbonyl (C=O) groups is 4. The summed E-state index contributed by atoms with van der Waals surface area (Å²) in [5, 5.41) is 6.70. The third-order valence-corrected chi connectivity index (χ3v) is 12.4. The third-order valence-electron chi connectivity index (χ3n) is 10.6. The highest BCUT2D eigenvalue weighted by Crippen LogP contribution is 2.45. The average molecular weight is 706 g/mol. The van der Waals surface area contributed by atoms with Crippen molar-refractivity contribution in [1.29, 1.82) is 0 Å². The summed E-state index contributed by atoms with van der Waals surface area (Å²) in [6.45, 7) is 3.97. The van der Waals surface area contributed by atoms with E-state index in [-0.39, 0.29) is 31.9 Å². The molecule has 14 heteroatoms. The summed E-state index contributed by atoms with van der Waals surface area (Å²) < 4.78 is 39.5. The molecular weight excluding hydrogens is 662 g/mol. The van der Waals surface area contributed by atoms with Gasteiger partial charge in [-0.15, -0.1) is 6.58 Å². The van der Waals surface area contributed by atoms with Crippen LogP contribution in [0.4, 0.5) is 4.79 Å². The smallest absolute Gasteiger partial charge is 0.407 e. The van der Waals surface area contributed by atoms with Crippen LogP contribution in [-0.2, 0) is 29.1 Å². The predicted octanol–water partition coefficient (Wildman–Crippen LogP) is 3.34. The molecule has 0 spiro atoms. The van der Waals surface area contributed by atoms with Crippen molar-refractivity contribution in [2.75, 3.05) is 13.2 Å². The SMILES string of the molecule is C=CC1C[C@]1(NC(=O)[C@@H]1C[C@@H]2CN1C(=O)[C@H](C1CCCC1)NC(=O)OCCC/C=C/c1ccc3ccnc(c3c1)O2)C(=O)NS(=O)(=O)C1CC1. The molecule has 7 rings (SSSR count). The van der Waals surface area contributed by atoms with E-state index in [1.54, 1.807) is 6.20 Å². The van der Waals surface area contributed by atoms with E-state index in [2.05, 4.69) is 26.9 Å². The molecule has 4 fully saturated rings. The zero-order valence-electron chi connectivity index (χ0n) is 27.8. The highest BCUT2D eigenvalue weighted by molar-refractivity contribution is 7.91. The van der Waals surface area contributed by atoms with Crippen LogP contribution in [0.3, 0.4) is 0 Å². The molecule has 1 aromatic heterocycles. The average Bonchev–Trinajstić information content (AvgIpc) is 3.97. The number of hydrogen-bond acceptors (Lipinski definition) is 9. The second-order valence-electron chi connectivity index (χ2n) is 14.1. The van der Waals surface area contributed by atoms with Gasteiger partial charge in [0.1, 0.15) is 23.7 Å². The van der Waals surface area contributed by atoms with Crippen LogP contribution in [0, 0.1) is 11.8 Å². The summed E-state index contributed by atoms with van der Waals surface area (Å²) in [5.74, 6) is -2.16. The van der Waals surface area contributed by atoms with Crippen LogP contribution in [0.1, 0.15) is 69.8 Å². The number of pyridine rings is 1. The number of alkyl carbamates (subject to hydrolysis) is 1. The monoisotopic (exact) mass is 705 g/mol. The molecule has 5 aliphatic rings. The standard InChI is InChI=1S/C36H43N5O8S/c1-2-25-20-36(25,34(44)40-50(46,47)27-13-14-27)39-31(42)29-19-26-21-41(29)33(43)30(24-9-5-6-10-24)38-35(45)48-17-7-3-4-8-22-11-12-23-15-16-37-32(49-26)28(23)18-22/h2,4,8,11-12,15-16,18,24-27,29-30H,1,3,5-7,9-10,13-14,17,19-21H2,(H,38,45)(H,39,42)(H,40,44)/b8-4+/t25?,26-,29+,30+,36-/m1/s1. The second kappa shape index (κ2) is 13.7. The second-order valence-corrected chi connectivity index (χ2v) is 16.1. The fourth-order valence-corrected chi connectivity index (χ4v) is 8.88. The van der Waals surface area contributed by atoms with Crippen molar-refractivity contribution in [2.24, 2.45) is 11.8 Å². The van der Waals surface area contributed by atoms with Crippen LogP contribution >= 0.6 is 0 Å². The highest BCUT2D eigenvalue weighted by atomic mass is 32.2. The number of amides is 4. The fourth-order valence-electron chi connectivity index (χ4n) is 7.51. The summed E-state index contributed by atoms with van der Waals surface area (Å²) in [7, 11) is -3.87. The zero-order chi connectivity index (χ0) is 35.0. The van der Waals surface area contributed by atoms with E-state index in [1.807, 2.05) is 36.4 Å². The van der Waals surface area contributed by atoms with Gasteiger partial charge in [0.15, 0.2) is 0 Å². The molecule has 5 atom stereocenters. The number of ether oxygens (including phenoxy) is 2. The quantitative estimate of drug-likeness (QED) is 0.365. The van der Waals surface area contributed by atoms with E-state index in [4.69, 9.17) is 9.47 Å². The molecular formula is C36H43N5O8S. The number of allylic oxidation sites excluding steroid dienone is 1. The molecule has 50 heavy (non-hydrogen) atoms. The largest absolute Gasteiger partial charge is 0.472 e. The van der Waals surface area contributed by atoms with Gasteiger partial charge in [-0.3, -0.25) is 19.1 Å². The lowest BCUT2D eigenvalue weighted by atomic mass is 9.96. The lowest BCUT2D eigenvalue weighted by molar-refractivity contribution is -0.142. The van der Waals surface area contributed by atoms with Gasteiger partial charge >= 0.3 is 6.09 Å². The number of hydrogen-bond donors (Lipinski definition) is 3. The number of carbonyl (C=O) groups excluding carboxylic acids is 4. The number of fused-ring (bicyclic) bond motifs is 3. The van der Waals surface area contributed by atoms with Gasteiger partial charge in [-0.2, -0.15) is 0 Å². The molecule has 1 aromatic carbocycles. The van der Waals surface area contributed by atoms with Crippen LogP contribution in [0.25, 0.3) is 16.8 Å². The number of cyclic esters (lactones) is 1. The van der Waals surface area contributed by atoms with Crippen molar-refractivity contribution in [1.82, 2.24) is 25.2 Å². The first-order valence-corrected chi connectivity index (χ1v) is 19.1. The predicted molar refractivity (Wildman–Crippen MR) is 184 cm³/mol. The number of aromatic nitrogens is 1. The van der Waals surface area contributed by atoms with E-state index >= 15 is 0 Å². The molecule has 2 aromatic rings. The van der Waals surface area contributed by atoms with Gasteiger partial charge in [0.05, 0.1) is 18.4 Å². The summed E-state index contributed by atoms with van der Waals surface area (Å²) in [4.78, 5) is 61.1. The van der Waals surface area contributed by atoms with Crippen LogP contribution in [0.2, 0.25) is 0 Å². The van der Waals surface area contributed by atoms with E-state index in [1.165, 1.54) is 11.0 Å². The van der Waals surface area contributed by atoms with Gasteiger partial charge in [0.2, 0.25) is 27.7 Å². The van der Waals surface area contributed by atoms with Gasteiger partial charge in [0.25, 0.3) is 5.91 Å². The van der Waals surface area contributed by atoms with Gasteiger partial charge < -0.3 is 25.0 Å². The van der Waals surface area contributed by atoms with E-state index in [9.17, 15) is 27.6 Å². The van der Waals surface area contributed by atoms with E-state index in [0.717, 1.165) is 42.0 Å². The molecule has 3 heterocycles. The molecule has 3 N–H and O–H groups in total. The third kappa shape index (κ3) is 6.94. The Morgan fingerprint density at radius 3 is 2.64 bits per heavy atom. The Labute approximate surface area is 291 Å². The zero-order valence-corrected chi connectivity index (χ0v) is 28.7. The lowest BCUT2D eigenvalue weighted by Crippen LogP contribution is -2.59. The minimum atomic E-state index is -3.87. The van der Waals surface area contributed by atoms with Crippen LogP contribution in [-0.4, -0.2) is 84.2 Å². The molecule has 266 valence electrons. The first kappa shape index (κ1) is 34.0. The maximum atomic E-state index is 14.5. The first-order valence-electron chi connectivity index (χ1n) is 17.5. The van der Waals surface area contributed by atoms with Gasteiger partial charge in [0, 0.05) is 23.9 Å². The van der Waals surface area contributed by atoms with Crippen molar-refractivity contribution >= 4 is 50.7 Å². The van der Waals surface area contributed by atoms with Gasteiger partial charge in [-0.25, -0.2) is 18.2 Å². The molecule has 0 radical (unpaired) electrons. The normalized spacial score (nSPS) is 29.6. The Hall–Kier alpha value is -4.46. The number of rotatable bonds is 7. The molecule has 2 aliphatic heterocycles. The highest BCUT2D eigenvalue weighted by Gasteiger charge is 2.62. The van der Waals surface area contributed by atoms with Crippen LogP contribution in [0.5, 0.6) is 5.88 Å². The summed E-state index contributed by atoms with van der Waals surface area (Å²) >= 11 is 0. The Morgan fingerprint density at radius 2 is 1.90 bits per heavy atom. The number of nitrogens with zero attached hydrogens (tertiary/aromatic N) is 2. The fraction of sp³-hybridized carbons (Fsp3) is 0.528. The topological polar surface area (TPSA) is 173 Å². The number of nitrogens with one attached hydrogen (secondary N) is 3. The maximum Gasteiger partial charge on any atom is 0.407 e. The van der Waals surface area contributed by atoms with Crippen molar-refractivity contribution in [2.45, 2.75) is 93.2 Å². The lowest BCUT2D eigenvalue weighted by Gasteiger charge is -2.32. The number of sulfonamides is 1. The van der Waals surface area contributed by atoms with Gasteiger partial charge in [-0.05, 0) is 73.9 Å². The summed E-state index contributed by atoms with van der Waals surface area (Å²) in [5.41, 5.74) is -0.585. The molecule has 3 saturated carbocycles. The Bertz CT molecular complexity index is 1840. The molecule has 1 saturated heterocycles. The Morgan fingerprint density at radius 1 is 1.10 bits per heavy atom. The maximum absolute atomic E-state index is 14.5. The summed E-state index contributed by atoms with van der Waals surface area (Å²) in [6, 6.07) is 5.80. The van der Waals surface area contributed by atoms with Crippen molar-refractivity contribution in [3.63, 3.8) is 0 Å². The van der Waals surface area contributed by atoms with E-state index in [0.29, 0.717) is 31.6 Å². The van der Waals surface area contributed by atoms with Crippen molar-refractivity contribution in [3.05, 3.63) is 54.8 Å². The molecule has 4 amide bonds. The first-order chi connectivity index (χ1) is 24.1. The van der Waals surface area contributed by atoms with Crippen LogP contribution < -0.4 is 20.1 Å². The molecule has 4 bridgehead atoms. The van der Waals surface area contributed by atoms with E-state index < -0.39 is 68.7 Å². The van der Waals surface area contributed by atoms with Gasteiger partial charge in [-0.1, -0.05) is 43.2 Å². The molecule has 1 unspecified atom stereocenters. The Balaban J connectivity index is 1.21. The van der Waals surface area contributed by atoms with Crippen molar-refractivity contribution in [3.8, 4) is 5.88 Å². The van der Waals surface area contributed by atoms with Crippen LogP contribution in [0.15, 0.2) is 49.2 Å². The number of benzene rings is 1. The Kier molecular flexibility index (Phi) is 9.31. The minimum absolute atomic E-state index is 0.0225. The summed E-state index contributed by atoms with van der Waals surface area (Å²) in [6.07, 6.45) is 11.6. The molecule has 13 nitrogen and oxygen atoms in total. The minimum Gasteiger partial charge on any atom is -0.472 e.